The highest BCUT2D eigenvalue weighted by Gasteiger charge is 2.30. The Morgan fingerprint density at radius 1 is 1.38 bits per heavy atom. The summed E-state index contributed by atoms with van der Waals surface area (Å²) in [4.78, 5) is 0. The van der Waals surface area contributed by atoms with Crippen LogP contribution in [0.5, 0.6) is 0 Å². The second kappa shape index (κ2) is 6.02. The van der Waals surface area contributed by atoms with Crippen LogP contribution in [0.25, 0.3) is 0 Å². The van der Waals surface area contributed by atoms with Crippen molar-refractivity contribution in [2.45, 2.75) is 64.5 Å². The van der Waals surface area contributed by atoms with Crippen molar-refractivity contribution in [3.63, 3.8) is 0 Å². The van der Waals surface area contributed by atoms with E-state index in [2.05, 4.69) is 19.2 Å². The van der Waals surface area contributed by atoms with E-state index in [9.17, 15) is 0 Å². The quantitative estimate of drug-likeness (QED) is 0.719. The summed E-state index contributed by atoms with van der Waals surface area (Å²) in [5, 5.41) is 3.74. The monoisotopic (exact) mass is 225 g/mol. The van der Waals surface area contributed by atoms with E-state index in [-0.39, 0.29) is 0 Å². The largest absolute Gasteiger partial charge is 0.378 e. The maximum atomic E-state index is 5.71. The average molecular weight is 225 g/mol. The lowest BCUT2D eigenvalue weighted by molar-refractivity contribution is 0.116. The van der Waals surface area contributed by atoms with Gasteiger partial charge in [0.05, 0.1) is 12.7 Å². The zero-order valence-electron chi connectivity index (χ0n) is 10.9. The summed E-state index contributed by atoms with van der Waals surface area (Å²) in [5.41, 5.74) is 0. The van der Waals surface area contributed by atoms with E-state index >= 15 is 0 Å². The molecular formula is C14H27NO. The molecule has 0 radical (unpaired) electrons. The van der Waals surface area contributed by atoms with E-state index in [1.54, 1.807) is 0 Å². The van der Waals surface area contributed by atoms with Gasteiger partial charge in [-0.05, 0) is 45.1 Å². The number of rotatable bonds is 7. The van der Waals surface area contributed by atoms with Gasteiger partial charge in [0, 0.05) is 12.0 Å². The number of ether oxygens (including phenoxy) is 1. The maximum absolute atomic E-state index is 5.71. The van der Waals surface area contributed by atoms with Gasteiger partial charge in [-0.1, -0.05) is 19.8 Å². The summed E-state index contributed by atoms with van der Waals surface area (Å²) in [7, 11) is 0. The number of hydrogen-bond donors (Lipinski definition) is 1. The van der Waals surface area contributed by atoms with Crippen LogP contribution in [0, 0.1) is 11.8 Å². The van der Waals surface area contributed by atoms with Crippen molar-refractivity contribution in [1.29, 1.82) is 0 Å². The van der Waals surface area contributed by atoms with E-state index in [0.29, 0.717) is 12.1 Å². The van der Waals surface area contributed by atoms with Crippen LogP contribution >= 0.6 is 0 Å². The Hall–Kier alpha value is -0.0800. The van der Waals surface area contributed by atoms with E-state index in [1.807, 2.05) is 0 Å². The van der Waals surface area contributed by atoms with Gasteiger partial charge in [-0.2, -0.15) is 0 Å². The fraction of sp³-hybridized carbons (Fsp3) is 1.00. The van der Waals surface area contributed by atoms with Crippen LogP contribution in [-0.4, -0.2) is 25.3 Å². The van der Waals surface area contributed by atoms with E-state index in [0.717, 1.165) is 18.4 Å². The Morgan fingerprint density at radius 2 is 2.19 bits per heavy atom. The van der Waals surface area contributed by atoms with Gasteiger partial charge in [-0.25, -0.2) is 0 Å². The Balaban J connectivity index is 1.75. The molecule has 1 aliphatic carbocycles. The molecule has 0 aromatic rings. The summed E-state index contributed by atoms with van der Waals surface area (Å²) < 4.78 is 5.71. The topological polar surface area (TPSA) is 21.3 Å². The Kier molecular flexibility index (Phi) is 4.66. The molecule has 0 amide bonds. The van der Waals surface area contributed by atoms with Crippen LogP contribution in [0.4, 0.5) is 0 Å². The van der Waals surface area contributed by atoms with Gasteiger partial charge in [-0.3, -0.25) is 0 Å². The molecule has 0 aromatic carbocycles. The zero-order valence-corrected chi connectivity index (χ0v) is 10.9. The molecule has 2 heteroatoms. The summed E-state index contributed by atoms with van der Waals surface area (Å²) in [6, 6.07) is 0.713. The molecule has 2 fully saturated rings. The van der Waals surface area contributed by atoms with Gasteiger partial charge in [0.15, 0.2) is 0 Å². The summed E-state index contributed by atoms with van der Waals surface area (Å²) in [6.45, 7) is 6.60. The summed E-state index contributed by atoms with van der Waals surface area (Å²) >= 11 is 0. The van der Waals surface area contributed by atoms with E-state index in [1.165, 1.54) is 45.1 Å². The van der Waals surface area contributed by atoms with Crippen molar-refractivity contribution < 1.29 is 4.74 Å². The normalized spacial score (nSPS) is 31.9. The van der Waals surface area contributed by atoms with E-state index in [4.69, 9.17) is 4.74 Å². The molecule has 2 nitrogen and oxygen atoms in total. The van der Waals surface area contributed by atoms with Gasteiger partial charge in [0.1, 0.15) is 0 Å². The lowest BCUT2D eigenvalue weighted by Gasteiger charge is -2.23. The van der Waals surface area contributed by atoms with Crippen LogP contribution in [0.15, 0.2) is 0 Å². The van der Waals surface area contributed by atoms with Crippen molar-refractivity contribution in [3.8, 4) is 0 Å². The fourth-order valence-corrected chi connectivity index (χ4v) is 2.79. The zero-order chi connectivity index (χ0) is 11.4. The highest BCUT2D eigenvalue weighted by Crippen LogP contribution is 2.35. The summed E-state index contributed by atoms with van der Waals surface area (Å²) in [6.07, 6.45) is 8.75. The third-order valence-electron chi connectivity index (χ3n) is 4.04. The first-order valence-electron chi connectivity index (χ1n) is 7.14. The van der Waals surface area contributed by atoms with Gasteiger partial charge in [-0.15, -0.1) is 0 Å². The third-order valence-corrected chi connectivity index (χ3v) is 4.04. The first kappa shape index (κ1) is 12.4. The smallest absolute Gasteiger partial charge is 0.0551 e. The molecule has 0 bridgehead atoms. The average Bonchev–Trinajstić information content (AvgIpc) is 3.01. The molecule has 0 spiro atoms. The van der Waals surface area contributed by atoms with E-state index < -0.39 is 0 Å². The molecule has 94 valence electrons. The molecule has 2 aliphatic rings. The Morgan fingerprint density at radius 3 is 2.75 bits per heavy atom. The van der Waals surface area contributed by atoms with Gasteiger partial charge in [0.2, 0.25) is 0 Å². The molecule has 1 saturated heterocycles. The van der Waals surface area contributed by atoms with Crippen molar-refractivity contribution >= 4 is 0 Å². The molecule has 3 unspecified atom stereocenters. The van der Waals surface area contributed by atoms with Crippen molar-refractivity contribution in [3.05, 3.63) is 0 Å². The van der Waals surface area contributed by atoms with Gasteiger partial charge >= 0.3 is 0 Å². The highest BCUT2D eigenvalue weighted by molar-refractivity contribution is 4.84. The fourth-order valence-electron chi connectivity index (χ4n) is 2.79. The third kappa shape index (κ3) is 3.74. The highest BCUT2D eigenvalue weighted by atomic mass is 16.5. The van der Waals surface area contributed by atoms with Crippen LogP contribution in [0.1, 0.15) is 52.4 Å². The second-order valence-corrected chi connectivity index (χ2v) is 5.72. The molecule has 1 aliphatic heterocycles. The van der Waals surface area contributed by atoms with Crippen LogP contribution in [-0.2, 0) is 4.74 Å². The molecule has 3 atom stereocenters. The van der Waals surface area contributed by atoms with Gasteiger partial charge in [0.25, 0.3) is 0 Å². The first-order chi connectivity index (χ1) is 7.79. The minimum atomic E-state index is 0.483. The predicted octanol–water partition coefficient (Wildman–Crippen LogP) is 2.97. The van der Waals surface area contributed by atoms with Crippen LogP contribution < -0.4 is 5.32 Å². The minimum Gasteiger partial charge on any atom is -0.378 e. The lowest BCUT2D eigenvalue weighted by Crippen LogP contribution is -2.37. The van der Waals surface area contributed by atoms with Gasteiger partial charge < -0.3 is 10.1 Å². The minimum absolute atomic E-state index is 0.483. The lowest BCUT2D eigenvalue weighted by atomic mass is 9.92. The summed E-state index contributed by atoms with van der Waals surface area (Å²) in [5.74, 6) is 1.82. The Bertz CT molecular complexity index is 203. The molecule has 0 aromatic heterocycles. The first-order valence-corrected chi connectivity index (χ1v) is 7.14. The van der Waals surface area contributed by atoms with Crippen LogP contribution in [0.3, 0.4) is 0 Å². The second-order valence-electron chi connectivity index (χ2n) is 5.72. The predicted molar refractivity (Wildman–Crippen MR) is 67.6 cm³/mol. The van der Waals surface area contributed by atoms with Crippen LogP contribution in [0.2, 0.25) is 0 Å². The molecule has 2 rings (SSSR count). The SMILES string of the molecule is CCCNC(CCC1CC1)C1COC(C)C1. The van der Waals surface area contributed by atoms with Crippen molar-refractivity contribution in [2.75, 3.05) is 13.2 Å². The molecule has 1 saturated carbocycles. The molecular weight excluding hydrogens is 198 g/mol. The number of nitrogens with one attached hydrogen (secondary N) is 1. The maximum Gasteiger partial charge on any atom is 0.0551 e. The molecule has 1 N–H and O–H groups in total. The van der Waals surface area contributed by atoms with Crippen molar-refractivity contribution in [1.82, 2.24) is 5.32 Å². The molecule has 16 heavy (non-hydrogen) atoms. The standard InChI is InChI=1S/C14H27NO/c1-3-8-15-14(7-6-12-4-5-12)13-9-11(2)16-10-13/h11-15H,3-10H2,1-2H3. The molecule has 1 heterocycles. The Labute approximate surface area is 100 Å². The number of hydrogen-bond acceptors (Lipinski definition) is 2. The van der Waals surface area contributed by atoms with Crippen molar-refractivity contribution in [2.24, 2.45) is 11.8 Å².